The molecule has 25 heavy (non-hydrogen) atoms. The van der Waals surface area contributed by atoms with E-state index >= 15 is 0 Å². The van der Waals surface area contributed by atoms with Gasteiger partial charge in [0.25, 0.3) is 0 Å². The van der Waals surface area contributed by atoms with Gasteiger partial charge in [-0.2, -0.15) is 0 Å². The number of nitrogens with one attached hydrogen (secondary N) is 1. The third-order valence-corrected chi connectivity index (χ3v) is 4.70. The monoisotopic (exact) mass is 359 g/mol. The third kappa shape index (κ3) is 4.94. The SMILES string of the molecule is NC1CCCC(C(=O)Nc2ccc(OCc3cccnc3)c(Cl)c2)C1. The molecule has 132 valence electrons. The van der Waals surface area contributed by atoms with Crippen LogP contribution in [0.3, 0.4) is 0 Å². The van der Waals surface area contributed by atoms with E-state index in [1.807, 2.05) is 12.1 Å². The van der Waals surface area contributed by atoms with Crippen molar-refractivity contribution in [2.24, 2.45) is 11.7 Å². The van der Waals surface area contributed by atoms with Crippen LogP contribution in [0.25, 0.3) is 0 Å². The smallest absolute Gasteiger partial charge is 0.227 e. The number of amides is 1. The first kappa shape index (κ1) is 17.7. The van der Waals surface area contributed by atoms with Gasteiger partial charge in [0.05, 0.1) is 5.02 Å². The number of hydrogen-bond donors (Lipinski definition) is 2. The Bertz CT molecular complexity index is 724. The second-order valence-electron chi connectivity index (χ2n) is 6.41. The highest BCUT2D eigenvalue weighted by atomic mass is 35.5. The molecule has 3 N–H and O–H groups in total. The number of ether oxygens (including phenoxy) is 1. The van der Waals surface area contributed by atoms with Crippen molar-refractivity contribution < 1.29 is 9.53 Å². The molecule has 1 amide bonds. The Kier molecular flexibility index (Phi) is 5.89. The number of aromatic nitrogens is 1. The zero-order chi connectivity index (χ0) is 17.6. The summed E-state index contributed by atoms with van der Waals surface area (Å²) in [4.78, 5) is 16.4. The number of carbonyl (C=O) groups is 1. The molecule has 0 aliphatic heterocycles. The summed E-state index contributed by atoms with van der Waals surface area (Å²) in [6.07, 6.45) is 7.09. The standard InChI is InChI=1S/C19H22ClN3O2/c20-17-10-16(23-19(24)14-4-1-5-15(21)9-14)6-7-18(17)25-12-13-3-2-8-22-11-13/h2-3,6-8,10-11,14-15H,1,4-5,9,12,21H2,(H,23,24). The van der Waals surface area contributed by atoms with Gasteiger partial charge < -0.3 is 15.8 Å². The predicted molar refractivity (Wildman–Crippen MR) is 98.6 cm³/mol. The Balaban J connectivity index is 1.58. The molecule has 0 spiro atoms. The fourth-order valence-electron chi connectivity index (χ4n) is 3.05. The molecule has 1 heterocycles. The summed E-state index contributed by atoms with van der Waals surface area (Å²) in [5, 5.41) is 3.39. The Morgan fingerprint density at radius 3 is 2.96 bits per heavy atom. The molecule has 0 bridgehead atoms. The number of pyridine rings is 1. The number of nitrogens with two attached hydrogens (primary N) is 1. The van der Waals surface area contributed by atoms with E-state index in [-0.39, 0.29) is 17.9 Å². The van der Waals surface area contributed by atoms with Crippen LogP contribution in [0.4, 0.5) is 5.69 Å². The van der Waals surface area contributed by atoms with Crippen molar-refractivity contribution in [1.29, 1.82) is 0 Å². The molecule has 1 saturated carbocycles. The molecule has 1 fully saturated rings. The lowest BCUT2D eigenvalue weighted by atomic mass is 9.85. The highest BCUT2D eigenvalue weighted by molar-refractivity contribution is 6.32. The van der Waals surface area contributed by atoms with E-state index in [4.69, 9.17) is 22.1 Å². The summed E-state index contributed by atoms with van der Waals surface area (Å²) in [7, 11) is 0. The molecule has 1 aliphatic carbocycles. The van der Waals surface area contributed by atoms with Gasteiger partial charge in [-0.15, -0.1) is 0 Å². The molecule has 1 aliphatic rings. The first-order valence-corrected chi connectivity index (χ1v) is 8.87. The second-order valence-corrected chi connectivity index (χ2v) is 6.82. The lowest BCUT2D eigenvalue weighted by Gasteiger charge is -2.25. The van der Waals surface area contributed by atoms with Crippen molar-refractivity contribution >= 4 is 23.2 Å². The van der Waals surface area contributed by atoms with Crippen molar-refractivity contribution in [2.75, 3.05) is 5.32 Å². The number of carbonyl (C=O) groups excluding carboxylic acids is 1. The summed E-state index contributed by atoms with van der Waals surface area (Å²) in [5.41, 5.74) is 7.59. The Hall–Kier alpha value is -2.11. The van der Waals surface area contributed by atoms with Gasteiger partial charge in [0.1, 0.15) is 12.4 Å². The average molecular weight is 360 g/mol. The summed E-state index contributed by atoms with van der Waals surface area (Å²) >= 11 is 6.28. The minimum atomic E-state index is -0.0240. The minimum absolute atomic E-state index is 0.00949. The fourth-order valence-corrected chi connectivity index (χ4v) is 3.29. The Morgan fingerprint density at radius 1 is 1.36 bits per heavy atom. The van der Waals surface area contributed by atoms with Crippen molar-refractivity contribution in [2.45, 2.75) is 38.3 Å². The lowest BCUT2D eigenvalue weighted by molar-refractivity contribution is -0.120. The maximum absolute atomic E-state index is 12.4. The van der Waals surface area contributed by atoms with Crippen LogP contribution < -0.4 is 15.8 Å². The molecule has 2 aromatic rings. The molecule has 0 radical (unpaired) electrons. The van der Waals surface area contributed by atoms with Crippen LogP contribution in [0.15, 0.2) is 42.7 Å². The van der Waals surface area contributed by atoms with Crippen molar-refractivity contribution in [3.8, 4) is 5.75 Å². The van der Waals surface area contributed by atoms with Crippen LogP contribution in [-0.4, -0.2) is 16.9 Å². The lowest BCUT2D eigenvalue weighted by Crippen LogP contribution is -2.34. The van der Waals surface area contributed by atoms with E-state index in [0.717, 1.165) is 31.2 Å². The number of rotatable bonds is 5. The maximum atomic E-state index is 12.4. The molecular weight excluding hydrogens is 338 g/mol. The van der Waals surface area contributed by atoms with E-state index in [9.17, 15) is 4.79 Å². The molecule has 5 nitrogen and oxygen atoms in total. The largest absolute Gasteiger partial charge is 0.487 e. The summed E-state index contributed by atoms with van der Waals surface area (Å²) in [6.45, 7) is 0.388. The van der Waals surface area contributed by atoms with Gasteiger partial charge >= 0.3 is 0 Å². The van der Waals surface area contributed by atoms with Gasteiger partial charge in [0, 0.05) is 35.6 Å². The number of halogens is 1. The van der Waals surface area contributed by atoms with Gasteiger partial charge in [-0.3, -0.25) is 9.78 Å². The van der Waals surface area contributed by atoms with Crippen LogP contribution >= 0.6 is 11.6 Å². The molecule has 0 saturated heterocycles. The minimum Gasteiger partial charge on any atom is -0.487 e. The molecule has 2 unspecified atom stereocenters. The van der Waals surface area contributed by atoms with Crippen LogP contribution in [0.1, 0.15) is 31.2 Å². The molecule has 1 aromatic carbocycles. The van der Waals surface area contributed by atoms with Gasteiger partial charge in [0.2, 0.25) is 5.91 Å². The molecule has 6 heteroatoms. The van der Waals surface area contributed by atoms with Crippen molar-refractivity contribution in [3.63, 3.8) is 0 Å². The first-order chi connectivity index (χ1) is 12.1. The van der Waals surface area contributed by atoms with Crippen molar-refractivity contribution in [3.05, 3.63) is 53.3 Å². The molecular formula is C19H22ClN3O2. The topological polar surface area (TPSA) is 77.2 Å². The van der Waals surface area contributed by atoms with Gasteiger partial charge in [-0.1, -0.05) is 24.1 Å². The number of anilines is 1. The van der Waals surface area contributed by atoms with Crippen molar-refractivity contribution in [1.82, 2.24) is 4.98 Å². The number of hydrogen-bond acceptors (Lipinski definition) is 4. The normalized spacial score (nSPS) is 20.1. The number of benzene rings is 1. The maximum Gasteiger partial charge on any atom is 0.227 e. The summed E-state index contributed by atoms with van der Waals surface area (Å²) in [6, 6.07) is 9.18. The zero-order valence-corrected chi connectivity index (χ0v) is 14.7. The summed E-state index contributed by atoms with van der Waals surface area (Å²) in [5.74, 6) is 0.558. The average Bonchev–Trinajstić information content (AvgIpc) is 2.62. The third-order valence-electron chi connectivity index (χ3n) is 4.40. The van der Waals surface area contributed by atoms with E-state index in [1.54, 1.807) is 30.6 Å². The van der Waals surface area contributed by atoms with E-state index < -0.39 is 0 Å². The van der Waals surface area contributed by atoms with E-state index in [1.165, 1.54) is 0 Å². The molecule has 1 aromatic heterocycles. The van der Waals surface area contributed by atoms with Crippen LogP contribution in [0, 0.1) is 5.92 Å². The highest BCUT2D eigenvalue weighted by Gasteiger charge is 2.25. The van der Waals surface area contributed by atoms with Crippen LogP contribution in [0.5, 0.6) is 5.75 Å². The zero-order valence-electron chi connectivity index (χ0n) is 14.0. The molecule has 2 atom stereocenters. The van der Waals surface area contributed by atoms with Gasteiger partial charge in [0.15, 0.2) is 0 Å². The van der Waals surface area contributed by atoms with Crippen LogP contribution in [-0.2, 0) is 11.4 Å². The van der Waals surface area contributed by atoms with Gasteiger partial charge in [-0.25, -0.2) is 0 Å². The Labute approximate surface area is 152 Å². The fraction of sp³-hybridized carbons (Fsp3) is 0.368. The predicted octanol–water partition coefficient (Wildman–Crippen LogP) is 3.77. The quantitative estimate of drug-likeness (QED) is 0.851. The van der Waals surface area contributed by atoms with Crippen LogP contribution in [0.2, 0.25) is 5.02 Å². The first-order valence-electron chi connectivity index (χ1n) is 8.49. The van der Waals surface area contributed by atoms with Gasteiger partial charge in [-0.05, 0) is 43.5 Å². The van der Waals surface area contributed by atoms with E-state index in [0.29, 0.717) is 23.1 Å². The highest BCUT2D eigenvalue weighted by Crippen LogP contribution is 2.30. The van der Waals surface area contributed by atoms with E-state index in [2.05, 4.69) is 10.3 Å². The number of nitrogens with zero attached hydrogens (tertiary/aromatic N) is 1. The summed E-state index contributed by atoms with van der Waals surface area (Å²) < 4.78 is 5.71. The molecule has 3 rings (SSSR count). The second kappa shape index (κ2) is 8.32. The Morgan fingerprint density at radius 2 is 2.24 bits per heavy atom.